The molecule has 3 aliphatic heterocycles. The van der Waals surface area contributed by atoms with Gasteiger partial charge in [-0.3, -0.25) is 9.69 Å². The number of hydrogen-bond acceptors (Lipinski definition) is 5. The van der Waals surface area contributed by atoms with Crippen LogP contribution < -0.4 is 0 Å². The minimum absolute atomic E-state index is 0.0822. The number of hydrogen-bond donors (Lipinski definition) is 2. The maximum Gasteiger partial charge on any atom is 0.354 e. The molecule has 0 radical (unpaired) electrons. The molecular weight excluding hydrogens is 264 g/mol. The minimum atomic E-state index is -1.08. The zero-order valence-electron chi connectivity index (χ0n) is 11.3. The van der Waals surface area contributed by atoms with Gasteiger partial charge in [0.05, 0.1) is 31.3 Å². The van der Waals surface area contributed by atoms with Crippen molar-refractivity contribution in [3.63, 3.8) is 0 Å². The number of rotatable bonds is 3. The van der Waals surface area contributed by atoms with Crippen LogP contribution in [0.1, 0.15) is 13.3 Å². The molecule has 0 aliphatic carbocycles. The van der Waals surface area contributed by atoms with Gasteiger partial charge in [0.25, 0.3) is 0 Å². The highest BCUT2D eigenvalue weighted by molar-refractivity contribution is 5.99. The molecule has 0 spiro atoms. The predicted octanol–water partition coefficient (Wildman–Crippen LogP) is -0.774. The average Bonchev–Trinajstić information content (AvgIpc) is 2.74. The fourth-order valence-corrected chi connectivity index (χ4v) is 3.36. The van der Waals surface area contributed by atoms with E-state index in [9.17, 15) is 19.8 Å². The van der Waals surface area contributed by atoms with Gasteiger partial charge in [0.2, 0.25) is 5.91 Å². The van der Waals surface area contributed by atoms with E-state index in [0.29, 0.717) is 38.4 Å². The number of fused-ring (bicyclic) bond motifs is 1. The molecular formula is C13H18N2O5. The molecule has 0 aromatic heterocycles. The third-order valence-corrected chi connectivity index (χ3v) is 4.30. The fourth-order valence-electron chi connectivity index (χ4n) is 3.36. The number of aliphatic hydroxyl groups is 1. The summed E-state index contributed by atoms with van der Waals surface area (Å²) in [5, 5.41) is 19.1. The molecule has 3 unspecified atom stereocenters. The van der Waals surface area contributed by atoms with Gasteiger partial charge in [-0.25, -0.2) is 4.79 Å². The van der Waals surface area contributed by atoms with E-state index < -0.39 is 18.0 Å². The lowest BCUT2D eigenvalue weighted by atomic mass is 9.83. The Morgan fingerprint density at radius 2 is 2.05 bits per heavy atom. The van der Waals surface area contributed by atoms with Crippen LogP contribution >= 0.6 is 0 Å². The zero-order chi connectivity index (χ0) is 14.4. The van der Waals surface area contributed by atoms with Crippen LogP contribution in [0.3, 0.4) is 0 Å². The first-order valence-corrected chi connectivity index (χ1v) is 6.82. The van der Waals surface area contributed by atoms with Crippen molar-refractivity contribution in [2.24, 2.45) is 5.92 Å². The third-order valence-electron chi connectivity index (χ3n) is 4.30. The number of carbonyl (C=O) groups excluding carboxylic acids is 1. The lowest BCUT2D eigenvalue weighted by molar-refractivity contribution is -0.161. The smallest absolute Gasteiger partial charge is 0.354 e. The van der Waals surface area contributed by atoms with E-state index in [0.717, 1.165) is 0 Å². The number of carboxylic acids is 1. The Hall–Kier alpha value is -1.60. The molecule has 2 N–H and O–H groups in total. The molecule has 110 valence electrons. The number of ether oxygens (including phenoxy) is 1. The molecule has 3 aliphatic rings. The SMILES string of the molecule is CC(O)C1C(=O)N2C(C(=O)O)=C(N3CCOCC3)CC12. The number of morpholine rings is 1. The van der Waals surface area contributed by atoms with Crippen LogP contribution in [0.25, 0.3) is 0 Å². The van der Waals surface area contributed by atoms with Crippen LogP contribution in [0.5, 0.6) is 0 Å². The molecule has 3 rings (SSSR count). The Morgan fingerprint density at radius 1 is 1.40 bits per heavy atom. The molecule has 0 aromatic rings. The molecule has 7 nitrogen and oxygen atoms in total. The molecule has 3 heterocycles. The van der Waals surface area contributed by atoms with Crippen molar-refractivity contribution in [3.8, 4) is 0 Å². The van der Waals surface area contributed by atoms with E-state index >= 15 is 0 Å². The number of aliphatic carboxylic acids is 1. The zero-order valence-corrected chi connectivity index (χ0v) is 11.3. The maximum absolute atomic E-state index is 12.1. The van der Waals surface area contributed by atoms with Crippen LogP contribution in [0.2, 0.25) is 0 Å². The molecule has 7 heteroatoms. The van der Waals surface area contributed by atoms with Crippen LogP contribution in [0.4, 0.5) is 0 Å². The number of carbonyl (C=O) groups is 2. The summed E-state index contributed by atoms with van der Waals surface area (Å²) in [5.74, 6) is -1.85. The summed E-state index contributed by atoms with van der Waals surface area (Å²) in [4.78, 5) is 26.9. The number of carboxylic acid groups (broad SMARTS) is 1. The summed E-state index contributed by atoms with van der Waals surface area (Å²) >= 11 is 0. The van der Waals surface area contributed by atoms with Crippen LogP contribution in [0, 0.1) is 5.92 Å². The van der Waals surface area contributed by atoms with Gasteiger partial charge in [0, 0.05) is 25.2 Å². The summed E-state index contributed by atoms with van der Waals surface area (Å²) in [6, 6.07) is -0.216. The van der Waals surface area contributed by atoms with Crippen molar-refractivity contribution in [2.75, 3.05) is 26.3 Å². The summed E-state index contributed by atoms with van der Waals surface area (Å²) in [7, 11) is 0. The van der Waals surface area contributed by atoms with Gasteiger partial charge in [-0.2, -0.15) is 0 Å². The van der Waals surface area contributed by atoms with Crippen molar-refractivity contribution in [1.82, 2.24) is 9.80 Å². The summed E-state index contributed by atoms with van der Waals surface area (Å²) in [6.45, 7) is 3.98. The van der Waals surface area contributed by atoms with E-state index in [1.165, 1.54) is 4.90 Å². The molecule has 0 saturated carbocycles. The highest BCUT2D eigenvalue weighted by Gasteiger charge is 2.57. The van der Waals surface area contributed by atoms with Crippen molar-refractivity contribution >= 4 is 11.9 Å². The molecule has 1 amide bonds. The van der Waals surface area contributed by atoms with E-state index in [2.05, 4.69) is 0 Å². The van der Waals surface area contributed by atoms with Gasteiger partial charge in [0.1, 0.15) is 5.70 Å². The van der Waals surface area contributed by atoms with Gasteiger partial charge >= 0.3 is 5.97 Å². The Kier molecular flexibility index (Phi) is 3.18. The summed E-state index contributed by atoms with van der Waals surface area (Å²) in [5.41, 5.74) is 0.779. The first-order chi connectivity index (χ1) is 9.52. The normalized spacial score (nSPS) is 31.2. The maximum atomic E-state index is 12.1. The summed E-state index contributed by atoms with van der Waals surface area (Å²) < 4.78 is 5.27. The van der Waals surface area contributed by atoms with Crippen molar-refractivity contribution in [1.29, 1.82) is 0 Å². The van der Waals surface area contributed by atoms with E-state index in [1.54, 1.807) is 6.92 Å². The monoisotopic (exact) mass is 282 g/mol. The molecule has 20 heavy (non-hydrogen) atoms. The van der Waals surface area contributed by atoms with E-state index in [4.69, 9.17) is 4.74 Å². The van der Waals surface area contributed by atoms with Gasteiger partial charge in [-0.15, -0.1) is 0 Å². The lowest BCUT2D eigenvalue weighted by Gasteiger charge is -2.44. The average molecular weight is 282 g/mol. The van der Waals surface area contributed by atoms with Gasteiger partial charge in [-0.1, -0.05) is 0 Å². The molecule has 2 saturated heterocycles. The van der Waals surface area contributed by atoms with Gasteiger partial charge in [-0.05, 0) is 6.92 Å². The van der Waals surface area contributed by atoms with Gasteiger partial charge in [0.15, 0.2) is 0 Å². The topological polar surface area (TPSA) is 90.3 Å². The van der Waals surface area contributed by atoms with E-state index in [-0.39, 0.29) is 17.6 Å². The minimum Gasteiger partial charge on any atom is -0.477 e. The van der Waals surface area contributed by atoms with E-state index in [1.807, 2.05) is 4.90 Å². The number of β-lactam (4-membered cyclic amide) rings is 1. The Bertz CT molecular complexity index is 481. The second kappa shape index (κ2) is 4.75. The first-order valence-electron chi connectivity index (χ1n) is 6.82. The second-order valence-electron chi connectivity index (χ2n) is 5.45. The van der Waals surface area contributed by atoms with Crippen molar-refractivity contribution in [3.05, 3.63) is 11.4 Å². The fraction of sp³-hybridized carbons (Fsp3) is 0.692. The van der Waals surface area contributed by atoms with Crippen molar-refractivity contribution in [2.45, 2.75) is 25.5 Å². The molecule has 0 aromatic carbocycles. The molecule has 3 atom stereocenters. The quantitative estimate of drug-likeness (QED) is 0.660. The molecule has 0 bridgehead atoms. The highest BCUT2D eigenvalue weighted by Crippen LogP contribution is 2.44. The first kappa shape index (κ1) is 13.4. The second-order valence-corrected chi connectivity index (χ2v) is 5.45. The molecule has 2 fully saturated rings. The lowest BCUT2D eigenvalue weighted by Crippen LogP contribution is -2.61. The Labute approximate surface area is 116 Å². The van der Waals surface area contributed by atoms with Crippen LogP contribution in [-0.4, -0.2) is 70.3 Å². The standard InChI is InChI=1S/C13H18N2O5/c1-7(16)10-8-6-9(14-2-4-20-5-3-14)11(13(18)19)15(8)12(10)17/h7-8,10,16H,2-6H2,1H3,(H,18,19). The van der Waals surface area contributed by atoms with Gasteiger partial charge < -0.3 is 19.8 Å². The van der Waals surface area contributed by atoms with Crippen LogP contribution in [0.15, 0.2) is 11.4 Å². The predicted molar refractivity (Wildman–Crippen MR) is 67.5 cm³/mol. The van der Waals surface area contributed by atoms with Crippen LogP contribution in [-0.2, 0) is 14.3 Å². The highest BCUT2D eigenvalue weighted by atomic mass is 16.5. The summed E-state index contributed by atoms with van der Waals surface area (Å²) in [6.07, 6.45) is -0.244. The number of nitrogens with zero attached hydrogens (tertiary/aromatic N) is 2. The van der Waals surface area contributed by atoms with Crippen molar-refractivity contribution < 1.29 is 24.5 Å². The largest absolute Gasteiger partial charge is 0.477 e. The number of aliphatic hydroxyl groups excluding tert-OH is 1. The third kappa shape index (κ3) is 1.81. The Balaban J connectivity index is 1.89. The Morgan fingerprint density at radius 3 is 2.60 bits per heavy atom. The number of amides is 1.